The number of hydrogen-bond donors (Lipinski definition) is 3. The summed E-state index contributed by atoms with van der Waals surface area (Å²) in [6.45, 7) is 5.23. The van der Waals surface area contributed by atoms with E-state index in [2.05, 4.69) is 20.2 Å². The number of halogens is 1. The fourth-order valence-corrected chi connectivity index (χ4v) is 1.90. The van der Waals surface area contributed by atoms with Crippen molar-refractivity contribution in [1.82, 2.24) is 20.2 Å². The zero-order valence-electron chi connectivity index (χ0n) is 9.53. The maximum Gasteiger partial charge on any atom is 0.291 e. The van der Waals surface area contributed by atoms with Gasteiger partial charge in [0, 0.05) is 26.2 Å². The molecule has 17 heavy (non-hydrogen) atoms. The summed E-state index contributed by atoms with van der Waals surface area (Å²) in [5, 5.41) is 12.4. The Kier molecular flexibility index (Phi) is 3.39. The first-order valence-electron chi connectivity index (χ1n) is 5.53. The highest BCUT2D eigenvalue weighted by Crippen LogP contribution is 2.18. The second kappa shape index (κ2) is 4.80. The monoisotopic (exact) mass is 242 g/mol. The molecule has 1 aliphatic rings. The van der Waals surface area contributed by atoms with Crippen LogP contribution in [-0.4, -0.2) is 46.2 Å². The third kappa shape index (κ3) is 2.45. The van der Waals surface area contributed by atoms with Gasteiger partial charge in [0.05, 0.1) is 6.04 Å². The van der Waals surface area contributed by atoms with Gasteiger partial charge in [-0.3, -0.25) is 9.69 Å². The molecule has 6 nitrogen and oxygen atoms in total. The second-order valence-corrected chi connectivity index (χ2v) is 4.05. The fraction of sp³-hybridized carbons (Fsp3) is 0.600. The summed E-state index contributed by atoms with van der Waals surface area (Å²) in [6, 6.07) is -0.156. The van der Waals surface area contributed by atoms with Crippen molar-refractivity contribution in [2.45, 2.75) is 13.0 Å². The number of hydrogen-bond acceptors (Lipinski definition) is 5. The average molecular weight is 242 g/mol. The minimum atomic E-state index is -1.23. The molecule has 1 aromatic heterocycles. The molecule has 0 spiro atoms. The van der Waals surface area contributed by atoms with E-state index in [1.807, 2.05) is 6.92 Å². The molecule has 2 rings (SSSR count). The molecular formula is C10H15FN4O2. The summed E-state index contributed by atoms with van der Waals surface area (Å²) in [6.07, 6.45) is 0. The molecule has 1 saturated heterocycles. The highest BCUT2D eigenvalue weighted by Gasteiger charge is 2.21. The van der Waals surface area contributed by atoms with Crippen LogP contribution in [0.15, 0.2) is 4.79 Å². The number of rotatable bonds is 2. The van der Waals surface area contributed by atoms with Crippen molar-refractivity contribution in [3.8, 4) is 5.88 Å². The normalized spacial score (nSPS) is 19.2. The number of nitrogens with zero attached hydrogens (tertiary/aromatic N) is 2. The van der Waals surface area contributed by atoms with Crippen molar-refractivity contribution in [3.63, 3.8) is 0 Å². The van der Waals surface area contributed by atoms with Crippen molar-refractivity contribution in [1.29, 1.82) is 0 Å². The van der Waals surface area contributed by atoms with Gasteiger partial charge in [-0.2, -0.15) is 9.37 Å². The molecule has 3 N–H and O–H groups in total. The van der Waals surface area contributed by atoms with Crippen LogP contribution in [0, 0.1) is 5.82 Å². The number of H-pyrrole nitrogens is 1. The summed E-state index contributed by atoms with van der Waals surface area (Å²) >= 11 is 0. The van der Waals surface area contributed by atoms with Crippen LogP contribution in [-0.2, 0) is 0 Å². The lowest BCUT2D eigenvalue weighted by molar-refractivity contribution is 0.177. The summed E-state index contributed by atoms with van der Waals surface area (Å²) in [4.78, 5) is 19.3. The van der Waals surface area contributed by atoms with Crippen LogP contribution in [0.5, 0.6) is 5.88 Å². The lowest BCUT2D eigenvalue weighted by Crippen LogP contribution is -2.45. The molecule has 7 heteroatoms. The van der Waals surface area contributed by atoms with Crippen molar-refractivity contribution >= 4 is 0 Å². The fourth-order valence-electron chi connectivity index (χ4n) is 1.90. The van der Waals surface area contributed by atoms with Crippen LogP contribution in [0.4, 0.5) is 4.39 Å². The molecule has 1 atom stereocenters. The molecule has 0 aliphatic carbocycles. The van der Waals surface area contributed by atoms with Gasteiger partial charge in [-0.05, 0) is 6.92 Å². The molecule has 0 saturated carbocycles. The first-order chi connectivity index (χ1) is 8.09. The molecule has 1 fully saturated rings. The molecule has 1 aliphatic heterocycles. The number of aromatic hydroxyl groups is 1. The van der Waals surface area contributed by atoms with E-state index in [9.17, 15) is 14.3 Å². The van der Waals surface area contributed by atoms with Gasteiger partial charge >= 0.3 is 0 Å². The summed E-state index contributed by atoms with van der Waals surface area (Å²) < 4.78 is 12.9. The molecule has 2 heterocycles. The predicted molar refractivity (Wildman–Crippen MR) is 59.3 cm³/mol. The van der Waals surface area contributed by atoms with Crippen LogP contribution in [0.2, 0.25) is 0 Å². The highest BCUT2D eigenvalue weighted by atomic mass is 19.1. The standard InChI is InChI=1S/C10H15FN4O2/c1-6(15-4-2-12-3-5-15)8-13-9(16)7(11)10(17)14-8/h6,12H,2-5H2,1H3,(H2,13,14,16,17). The quantitative estimate of drug-likeness (QED) is 0.656. The Morgan fingerprint density at radius 1 is 1.47 bits per heavy atom. The Bertz CT molecular complexity index is 456. The van der Waals surface area contributed by atoms with E-state index < -0.39 is 17.3 Å². The minimum Gasteiger partial charge on any atom is -0.491 e. The Labute approximate surface area is 97.5 Å². The van der Waals surface area contributed by atoms with Gasteiger partial charge in [0.2, 0.25) is 5.82 Å². The predicted octanol–water partition coefficient (Wildman–Crippen LogP) is -0.419. The van der Waals surface area contributed by atoms with Crippen molar-refractivity contribution < 1.29 is 9.50 Å². The van der Waals surface area contributed by atoms with E-state index >= 15 is 0 Å². The van der Waals surface area contributed by atoms with Gasteiger partial charge in [-0.15, -0.1) is 0 Å². The molecular weight excluding hydrogens is 227 g/mol. The van der Waals surface area contributed by atoms with Gasteiger partial charge < -0.3 is 15.4 Å². The topological polar surface area (TPSA) is 81.2 Å². The van der Waals surface area contributed by atoms with Crippen LogP contribution in [0.25, 0.3) is 0 Å². The third-order valence-electron chi connectivity index (χ3n) is 2.96. The average Bonchev–Trinajstić information content (AvgIpc) is 2.35. The van der Waals surface area contributed by atoms with Crippen molar-refractivity contribution in [2.24, 2.45) is 0 Å². The maximum absolute atomic E-state index is 12.9. The number of aromatic nitrogens is 2. The summed E-state index contributed by atoms with van der Waals surface area (Å²) in [5.74, 6) is -1.79. The van der Waals surface area contributed by atoms with E-state index in [-0.39, 0.29) is 11.9 Å². The molecule has 0 amide bonds. The minimum absolute atomic E-state index is 0.156. The molecule has 1 unspecified atom stereocenters. The summed E-state index contributed by atoms with van der Waals surface area (Å²) in [5.41, 5.74) is -0.936. The van der Waals surface area contributed by atoms with Crippen LogP contribution >= 0.6 is 0 Å². The van der Waals surface area contributed by atoms with E-state index in [1.54, 1.807) is 0 Å². The van der Waals surface area contributed by atoms with E-state index in [1.165, 1.54) is 0 Å². The SMILES string of the molecule is CC(c1nc(O)c(F)c(=O)[nH]1)N1CCNCC1. The van der Waals surface area contributed by atoms with E-state index in [0.29, 0.717) is 0 Å². The van der Waals surface area contributed by atoms with Gasteiger partial charge in [-0.25, -0.2) is 0 Å². The van der Waals surface area contributed by atoms with Crippen LogP contribution in [0.1, 0.15) is 18.8 Å². The Balaban J connectivity index is 2.24. The van der Waals surface area contributed by atoms with Crippen LogP contribution < -0.4 is 10.9 Å². The summed E-state index contributed by atoms with van der Waals surface area (Å²) in [7, 11) is 0. The van der Waals surface area contributed by atoms with Gasteiger partial charge in [0.25, 0.3) is 11.4 Å². The lowest BCUT2D eigenvalue weighted by Gasteiger charge is -2.31. The molecule has 0 radical (unpaired) electrons. The zero-order valence-corrected chi connectivity index (χ0v) is 9.53. The van der Waals surface area contributed by atoms with E-state index in [4.69, 9.17) is 0 Å². The van der Waals surface area contributed by atoms with Crippen molar-refractivity contribution in [2.75, 3.05) is 26.2 Å². The van der Waals surface area contributed by atoms with E-state index in [0.717, 1.165) is 26.2 Å². The third-order valence-corrected chi connectivity index (χ3v) is 2.96. The second-order valence-electron chi connectivity index (χ2n) is 4.05. The smallest absolute Gasteiger partial charge is 0.291 e. The zero-order chi connectivity index (χ0) is 12.4. The molecule has 0 aromatic carbocycles. The van der Waals surface area contributed by atoms with Crippen molar-refractivity contribution in [3.05, 3.63) is 22.0 Å². The largest absolute Gasteiger partial charge is 0.491 e. The maximum atomic E-state index is 12.9. The molecule has 1 aromatic rings. The first kappa shape index (κ1) is 12.0. The molecule has 0 bridgehead atoms. The Morgan fingerprint density at radius 2 is 2.12 bits per heavy atom. The highest BCUT2D eigenvalue weighted by molar-refractivity contribution is 5.11. The lowest BCUT2D eigenvalue weighted by atomic mass is 10.2. The first-order valence-corrected chi connectivity index (χ1v) is 5.53. The van der Waals surface area contributed by atoms with Gasteiger partial charge in [-0.1, -0.05) is 0 Å². The van der Waals surface area contributed by atoms with Gasteiger partial charge in [0.15, 0.2) is 0 Å². The Morgan fingerprint density at radius 3 is 2.71 bits per heavy atom. The Hall–Kier alpha value is -1.47. The van der Waals surface area contributed by atoms with Crippen LogP contribution in [0.3, 0.4) is 0 Å². The number of piperazine rings is 1. The number of nitrogens with one attached hydrogen (secondary N) is 2. The molecule has 94 valence electrons. The van der Waals surface area contributed by atoms with Gasteiger partial charge in [0.1, 0.15) is 5.82 Å². The number of aromatic amines is 1.